The molecule has 0 aliphatic carbocycles. The summed E-state index contributed by atoms with van der Waals surface area (Å²) in [7, 11) is 0. The molecule has 0 N–H and O–H groups in total. The molecule has 0 radical (unpaired) electrons. The minimum absolute atomic E-state index is 0.121. The van der Waals surface area contributed by atoms with E-state index in [4.69, 9.17) is 14.2 Å². The summed E-state index contributed by atoms with van der Waals surface area (Å²) in [5.74, 6) is -0.121. The van der Waals surface area contributed by atoms with E-state index in [0.29, 0.717) is 19.6 Å². The molecule has 0 aromatic heterocycles. The zero-order valence-electron chi connectivity index (χ0n) is 15.6. The summed E-state index contributed by atoms with van der Waals surface area (Å²) in [4.78, 5) is 11.9. The van der Waals surface area contributed by atoms with Crippen molar-refractivity contribution in [3.05, 3.63) is 0 Å². The van der Waals surface area contributed by atoms with Crippen molar-refractivity contribution in [3.63, 3.8) is 0 Å². The molecule has 0 atom stereocenters. The van der Waals surface area contributed by atoms with Crippen LogP contribution in [0.1, 0.15) is 85.0 Å². The van der Waals surface area contributed by atoms with Gasteiger partial charge in [-0.1, -0.05) is 59.3 Å². The first kappa shape index (κ1) is 22.4. The maximum atomic E-state index is 11.9. The second-order valence-electron chi connectivity index (χ2n) is 6.13. The van der Waals surface area contributed by atoms with Crippen LogP contribution >= 0.6 is 0 Å². The number of hydrogen-bond donors (Lipinski definition) is 0. The maximum Gasteiger partial charge on any atom is 0.306 e. The molecular formula is C19H38O4. The van der Waals surface area contributed by atoms with Gasteiger partial charge < -0.3 is 14.2 Å². The summed E-state index contributed by atoms with van der Waals surface area (Å²) in [5.41, 5.74) is 0. The van der Waals surface area contributed by atoms with Crippen molar-refractivity contribution >= 4 is 5.97 Å². The van der Waals surface area contributed by atoms with Crippen molar-refractivity contribution in [2.45, 2.75) is 91.1 Å². The van der Waals surface area contributed by atoms with Gasteiger partial charge in [0.05, 0.1) is 13.2 Å². The number of hydrogen-bond acceptors (Lipinski definition) is 4. The van der Waals surface area contributed by atoms with Crippen LogP contribution in [0.2, 0.25) is 0 Å². The van der Waals surface area contributed by atoms with Crippen LogP contribution in [0.15, 0.2) is 0 Å². The van der Waals surface area contributed by atoms with E-state index in [-0.39, 0.29) is 12.1 Å². The SMILES string of the molecule is CCCCCCCC(=O)OC(COCCCC)COCCCC. The zero-order chi connectivity index (χ0) is 17.2. The fraction of sp³-hybridized carbons (Fsp3) is 0.947. The second-order valence-corrected chi connectivity index (χ2v) is 6.13. The quantitative estimate of drug-likeness (QED) is 0.281. The first-order valence-electron chi connectivity index (χ1n) is 9.59. The van der Waals surface area contributed by atoms with Gasteiger partial charge in [0.2, 0.25) is 0 Å². The molecular weight excluding hydrogens is 292 g/mol. The number of carbonyl (C=O) groups is 1. The molecule has 0 aromatic carbocycles. The Labute approximate surface area is 143 Å². The molecule has 0 aliphatic heterocycles. The Morgan fingerprint density at radius 3 is 1.78 bits per heavy atom. The first-order chi connectivity index (χ1) is 11.2. The molecule has 0 bridgehead atoms. The standard InChI is InChI=1S/C19H38O4/c1-4-7-10-11-12-13-19(20)23-18(16-21-14-8-5-2)17-22-15-9-6-3/h18H,4-17H2,1-3H3. The summed E-state index contributed by atoms with van der Waals surface area (Å²) in [6.45, 7) is 8.77. The molecule has 0 unspecified atom stereocenters. The largest absolute Gasteiger partial charge is 0.457 e. The Balaban J connectivity index is 3.92. The fourth-order valence-electron chi connectivity index (χ4n) is 2.16. The lowest BCUT2D eigenvalue weighted by Crippen LogP contribution is -2.29. The third kappa shape index (κ3) is 16.0. The van der Waals surface area contributed by atoms with Gasteiger partial charge in [-0.15, -0.1) is 0 Å². The highest BCUT2D eigenvalue weighted by Gasteiger charge is 2.15. The Bertz CT molecular complexity index is 244. The monoisotopic (exact) mass is 330 g/mol. The molecule has 4 heteroatoms. The molecule has 0 spiro atoms. The van der Waals surface area contributed by atoms with Crippen LogP contribution in [0.3, 0.4) is 0 Å². The normalized spacial score (nSPS) is 11.1. The number of carbonyl (C=O) groups excluding carboxylic acids is 1. The Hall–Kier alpha value is -0.610. The van der Waals surface area contributed by atoms with Gasteiger partial charge >= 0.3 is 5.97 Å². The Morgan fingerprint density at radius 1 is 0.739 bits per heavy atom. The maximum absolute atomic E-state index is 11.9. The predicted molar refractivity (Wildman–Crippen MR) is 94.7 cm³/mol. The molecule has 0 rings (SSSR count). The molecule has 0 aliphatic rings. The van der Waals surface area contributed by atoms with Crippen molar-refractivity contribution in [2.24, 2.45) is 0 Å². The molecule has 0 fully saturated rings. The average Bonchev–Trinajstić information content (AvgIpc) is 2.55. The molecule has 0 saturated heterocycles. The zero-order valence-corrected chi connectivity index (χ0v) is 15.6. The van der Waals surface area contributed by atoms with Crippen molar-refractivity contribution in [3.8, 4) is 0 Å². The Kier molecular flexibility index (Phi) is 17.3. The molecule has 0 saturated carbocycles. The highest BCUT2D eigenvalue weighted by atomic mass is 16.6. The lowest BCUT2D eigenvalue weighted by Gasteiger charge is -2.18. The van der Waals surface area contributed by atoms with E-state index in [1.807, 2.05) is 0 Å². The molecule has 23 heavy (non-hydrogen) atoms. The van der Waals surface area contributed by atoms with Gasteiger partial charge in [0.15, 0.2) is 0 Å². The van der Waals surface area contributed by atoms with Crippen LogP contribution in [-0.2, 0) is 19.0 Å². The van der Waals surface area contributed by atoms with Gasteiger partial charge in [0, 0.05) is 19.6 Å². The molecule has 0 aromatic rings. The minimum Gasteiger partial charge on any atom is -0.457 e. The van der Waals surface area contributed by atoms with E-state index in [2.05, 4.69) is 20.8 Å². The Morgan fingerprint density at radius 2 is 1.26 bits per heavy atom. The van der Waals surface area contributed by atoms with E-state index in [0.717, 1.165) is 51.7 Å². The summed E-state index contributed by atoms with van der Waals surface area (Å²) < 4.78 is 16.7. The number of esters is 1. The second kappa shape index (κ2) is 17.7. The van der Waals surface area contributed by atoms with Gasteiger partial charge in [-0.05, 0) is 19.3 Å². The van der Waals surface area contributed by atoms with Crippen molar-refractivity contribution in [2.75, 3.05) is 26.4 Å². The van der Waals surface area contributed by atoms with Gasteiger partial charge in [0.1, 0.15) is 6.10 Å². The lowest BCUT2D eigenvalue weighted by molar-refractivity contribution is -0.156. The number of rotatable bonds is 17. The van der Waals surface area contributed by atoms with Gasteiger partial charge in [0.25, 0.3) is 0 Å². The van der Waals surface area contributed by atoms with Crippen LogP contribution in [0.25, 0.3) is 0 Å². The summed E-state index contributed by atoms with van der Waals surface area (Å²) in [6.07, 6.45) is 10.2. The van der Waals surface area contributed by atoms with E-state index in [9.17, 15) is 4.79 Å². The van der Waals surface area contributed by atoms with Crippen LogP contribution in [0, 0.1) is 0 Å². The van der Waals surface area contributed by atoms with E-state index in [1.165, 1.54) is 19.3 Å². The summed E-state index contributed by atoms with van der Waals surface area (Å²) >= 11 is 0. The average molecular weight is 331 g/mol. The summed E-state index contributed by atoms with van der Waals surface area (Å²) in [6, 6.07) is 0. The minimum atomic E-state index is -0.271. The van der Waals surface area contributed by atoms with Gasteiger partial charge in [-0.2, -0.15) is 0 Å². The topological polar surface area (TPSA) is 44.8 Å². The smallest absolute Gasteiger partial charge is 0.306 e. The van der Waals surface area contributed by atoms with Crippen LogP contribution < -0.4 is 0 Å². The lowest BCUT2D eigenvalue weighted by atomic mass is 10.1. The molecule has 0 heterocycles. The van der Waals surface area contributed by atoms with Gasteiger partial charge in [-0.3, -0.25) is 4.79 Å². The number of unbranched alkanes of at least 4 members (excludes halogenated alkanes) is 6. The fourth-order valence-corrected chi connectivity index (χ4v) is 2.16. The van der Waals surface area contributed by atoms with Crippen LogP contribution in [0.4, 0.5) is 0 Å². The van der Waals surface area contributed by atoms with Crippen molar-refractivity contribution < 1.29 is 19.0 Å². The number of ether oxygens (including phenoxy) is 3. The highest BCUT2D eigenvalue weighted by Crippen LogP contribution is 2.07. The first-order valence-corrected chi connectivity index (χ1v) is 9.59. The third-order valence-corrected chi connectivity index (χ3v) is 3.67. The van der Waals surface area contributed by atoms with Crippen LogP contribution in [-0.4, -0.2) is 38.5 Å². The van der Waals surface area contributed by atoms with E-state index in [1.54, 1.807) is 0 Å². The van der Waals surface area contributed by atoms with E-state index >= 15 is 0 Å². The van der Waals surface area contributed by atoms with Crippen molar-refractivity contribution in [1.29, 1.82) is 0 Å². The third-order valence-electron chi connectivity index (χ3n) is 3.67. The van der Waals surface area contributed by atoms with Gasteiger partial charge in [-0.25, -0.2) is 0 Å². The van der Waals surface area contributed by atoms with E-state index < -0.39 is 0 Å². The predicted octanol–water partition coefficient (Wildman–Crippen LogP) is 4.89. The highest BCUT2D eigenvalue weighted by molar-refractivity contribution is 5.69. The molecule has 138 valence electrons. The molecule has 4 nitrogen and oxygen atoms in total. The van der Waals surface area contributed by atoms with Crippen LogP contribution in [0.5, 0.6) is 0 Å². The molecule has 0 amide bonds. The van der Waals surface area contributed by atoms with Crippen molar-refractivity contribution in [1.82, 2.24) is 0 Å². The summed E-state index contributed by atoms with van der Waals surface area (Å²) in [5, 5.41) is 0.